The summed E-state index contributed by atoms with van der Waals surface area (Å²) >= 11 is 0. The van der Waals surface area contributed by atoms with E-state index in [4.69, 9.17) is 9.47 Å². The Labute approximate surface area is 158 Å². The lowest BCUT2D eigenvalue weighted by Gasteiger charge is -2.19. The summed E-state index contributed by atoms with van der Waals surface area (Å²) in [6.45, 7) is 2.16. The first-order valence-electron chi connectivity index (χ1n) is 8.98. The average Bonchev–Trinajstić information content (AvgIpc) is 2.70. The van der Waals surface area contributed by atoms with Crippen molar-refractivity contribution in [2.24, 2.45) is 0 Å². The summed E-state index contributed by atoms with van der Waals surface area (Å²) in [5.41, 5.74) is 1.01. The number of fused-ring (bicyclic) bond motifs is 2. The van der Waals surface area contributed by atoms with Crippen molar-refractivity contribution in [1.82, 2.24) is 5.32 Å². The molecule has 0 saturated heterocycles. The van der Waals surface area contributed by atoms with E-state index >= 15 is 0 Å². The number of hydrogen-bond donors (Lipinski definition) is 1. The second-order valence-corrected chi connectivity index (χ2v) is 6.28. The number of nitrogens with one attached hydrogen (secondary N) is 1. The summed E-state index contributed by atoms with van der Waals surface area (Å²) in [5.74, 6) is -0.811. The smallest absolute Gasteiger partial charge is 0.328 e. The third-order valence-electron chi connectivity index (χ3n) is 4.55. The highest BCUT2D eigenvalue weighted by Crippen LogP contribution is 2.29. The fraction of sp³-hybridized carbons (Fsp3) is 0.273. The normalized spacial score (nSPS) is 12.1. The van der Waals surface area contributed by atoms with Crippen LogP contribution in [0.25, 0.3) is 21.5 Å². The van der Waals surface area contributed by atoms with Gasteiger partial charge in [-0.25, -0.2) is 4.79 Å². The molecule has 1 atom stereocenters. The number of hydrogen-bond acceptors (Lipinski definition) is 4. The number of esters is 1. The summed E-state index contributed by atoms with van der Waals surface area (Å²) in [6.07, 6.45) is 0.340. The van der Waals surface area contributed by atoms with E-state index in [1.165, 1.54) is 7.11 Å². The maximum Gasteiger partial charge on any atom is 0.328 e. The van der Waals surface area contributed by atoms with E-state index < -0.39 is 12.0 Å². The lowest BCUT2D eigenvalue weighted by molar-refractivity contribution is -0.145. The van der Waals surface area contributed by atoms with Gasteiger partial charge in [0.1, 0.15) is 12.6 Å². The molecule has 1 N–H and O–H groups in total. The van der Waals surface area contributed by atoms with E-state index in [1.807, 2.05) is 55.5 Å². The Kier molecular flexibility index (Phi) is 6.04. The topological polar surface area (TPSA) is 64.6 Å². The van der Waals surface area contributed by atoms with Gasteiger partial charge in [-0.1, -0.05) is 48.5 Å². The van der Waals surface area contributed by atoms with Crippen LogP contribution in [0.5, 0.6) is 0 Å². The number of carbonyl (C=O) groups is 2. The number of benzene rings is 3. The van der Waals surface area contributed by atoms with Gasteiger partial charge in [-0.2, -0.15) is 0 Å². The van der Waals surface area contributed by atoms with Crippen molar-refractivity contribution < 1.29 is 19.1 Å². The fourth-order valence-electron chi connectivity index (χ4n) is 3.30. The van der Waals surface area contributed by atoms with Crippen LogP contribution in [-0.2, 0) is 25.5 Å². The van der Waals surface area contributed by atoms with Crippen LogP contribution in [0, 0.1) is 0 Å². The zero-order chi connectivity index (χ0) is 19.2. The Morgan fingerprint density at radius 2 is 1.59 bits per heavy atom. The van der Waals surface area contributed by atoms with Gasteiger partial charge in [0.2, 0.25) is 5.91 Å². The molecule has 0 aromatic heterocycles. The van der Waals surface area contributed by atoms with Crippen molar-refractivity contribution >= 4 is 33.4 Å². The fourth-order valence-corrected chi connectivity index (χ4v) is 3.30. The summed E-state index contributed by atoms with van der Waals surface area (Å²) in [7, 11) is 1.32. The van der Waals surface area contributed by atoms with E-state index in [-0.39, 0.29) is 12.5 Å². The molecule has 0 aliphatic carbocycles. The Hall–Kier alpha value is -2.92. The Morgan fingerprint density at radius 1 is 1.00 bits per heavy atom. The molecule has 5 nitrogen and oxygen atoms in total. The van der Waals surface area contributed by atoms with E-state index in [9.17, 15) is 9.59 Å². The van der Waals surface area contributed by atoms with Crippen molar-refractivity contribution in [2.75, 3.05) is 20.3 Å². The van der Waals surface area contributed by atoms with Gasteiger partial charge in [0.25, 0.3) is 0 Å². The van der Waals surface area contributed by atoms with Gasteiger partial charge >= 0.3 is 5.97 Å². The van der Waals surface area contributed by atoms with Gasteiger partial charge in [-0.15, -0.1) is 0 Å². The summed E-state index contributed by atoms with van der Waals surface area (Å²) in [4.78, 5) is 24.4. The maximum absolute atomic E-state index is 12.3. The molecular formula is C22H23NO4. The first-order valence-corrected chi connectivity index (χ1v) is 8.98. The second-order valence-electron chi connectivity index (χ2n) is 6.28. The molecule has 0 aliphatic heterocycles. The average molecular weight is 365 g/mol. The highest BCUT2D eigenvalue weighted by Gasteiger charge is 2.24. The van der Waals surface area contributed by atoms with Gasteiger partial charge < -0.3 is 14.8 Å². The second kappa shape index (κ2) is 8.64. The monoisotopic (exact) mass is 365 g/mol. The molecule has 3 rings (SSSR count). The van der Waals surface area contributed by atoms with Crippen molar-refractivity contribution in [3.05, 3.63) is 60.2 Å². The van der Waals surface area contributed by atoms with E-state index in [0.29, 0.717) is 13.0 Å². The van der Waals surface area contributed by atoms with Crippen LogP contribution >= 0.6 is 0 Å². The quantitative estimate of drug-likeness (QED) is 0.516. The van der Waals surface area contributed by atoms with Gasteiger partial charge in [-0.05, 0) is 40.1 Å². The van der Waals surface area contributed by atoms with Gasteiger partial charge in [0.15, 0.2) is 0 Å². The van der Waals surface area contributed by atoms with Gasteiger partial charge in [0.05, 0.1) is 7.11 Å². The predicted octanol–water partition coefficient (Wildman–Crippen LogP) is 3.23. The molecule has 0 bridgehead atoms. The van der Waals surface area contributed by atoms with Crippen LogP contribution in [0.4, 0.5) is 0 Å². The molecule has 3 aromatic carbocycles. The molecule has 0 heterocycles. The Balaban J connectivity index is 2.02. The third kappa shape index (κ3) is 4.26. The molecule has 3 aromatic rings. The molecule has 5 heteroatoms. The van der Waals surface area contributed by atoms with Crippen LogP contribution in [0.1, 0.15) is 12.5 Å². The Bertz CT molecular complexity index is 913. The lowest BCUT2D eigenvalue weighted by Crippen LogP contribution is -2.44. The minimum Gasteiger partial charge on any atom is -0.467 e. The largest absolute Gasteiger partial charge is 0.467 e. The zero-order valence-electron chi connectivity index (χ0n) is 15.5. The number of rotatable bonds is 7. The molecule has 1 amide bonds. The first-order chi connectivity index (χ1) is 13.1. The number of ether oxygens (including phenoxy) is 2. The highest BCUT2D eigenvalue weighted by molar-refractivity contribution is 6.02. The van der Waals surface area contributed by atoms with Crippen LogP contribution in [-0.4, -0.2) is 38.2 Å². The van der Waals surface area contributed by atoms with Crippen LogP contribution in [0.3, 0.4) is 0 Å². The zero-order valence-corrected chi connectivity index (χ0v) is 15.5. The van der Waals surface area contributed by atoms with Crippen molar-refractivity contribution in [1.29, 1.82) is 0 Å². The van der Waals surface area contributed by atoms with E-state index in [2.05, 4.69) is 11.4 Å². The third-order valence-corrected chi connectivity index (χ3v) is 4.55. The maximum atomic E-state index is 12.3. The predicted molar refractivity (Wildman–Crippen MR) is 106 cm³/mol. The minimum atomic E-state index is -0.780. The molecule has 0 radical (unpaired) electrons. The van der Waals surface area contributed by atoms with Crippen molar-refractivity contribution in [2.45, 2.75) is 19.4 Å². The molecule has 0 fully saturated rings. The molecule has 0 spiro atoms. The van der Waals surface area contributed by atoms with E-state index in [0.717, 1.165) is 27.1 Å². The number of amides is 1. The molecule has 140 valence electrons. The molecule has 27 heavy (non-hydrogen) atoms. The van der Waals surface area contributed by atoms with Crippen molar-refractivity contribution in [3.8, 4) is 0 Å². The Morgan fingerprint density at radius 3 is 2.15 bits per heavy atom. The lowest BCUT2D eigenvalue weighted by atomic mass is 9.92. The highest BCUT2D eigenvalue weighted by atomic mass is 16.5. The molecule has 0 unspecified atom stereocenters. The van der Waals surface area contributed by atoms with Crippen LogP contribution in [0.2, 0.25) is 0 Å². The minimum absolute atomic E-state index is 0.0831. The van der Waals surface area contributed by atoms with Crippen LogP contribution in [0.15, 0.2) is 54.6 Å². The number of carbonyl (C=O) groups excluding carboxylic acids is 2. The van der Waals surface area contributed by atoms with Gasteiger partial charge in [0, 0.05) is 13.0 Å². The molecule has 0 saturated carbocycles. The van der Waals surface area contributed by atoms with Gasteiger partial charge in [-0.3, -0.25) is 4.79 Å². The van der Waals surface area contributed by atoms with Crippen molar-refractivity contribution in [3.63, 3.8) is 0 Å². The first kappa shape index (κ1) is 18.9. The summed E-state index contributed by atoms with van der Waals surface area (Å²) in [5, 5.41) is 7.05. The molecule has 0 aliphatic rings. The molecular weight excluding hydrogens is 342 g/mol. The van der Waals surface area contributed by atoms with E-state index in [1.54, 1.807) is 0 Å². The summed E-state index contributed by atoms with van der Waals surface area (Å²) in [6, 6.07) is 17.4. The standard InChI is InChI=1S/C22H23NO4/c1-3-27-14-21(24)23-20(22(25)26-2)13-19-17-10-6-4-8-15(17)12-16-9-5-7-11-18(16)19/h4-12,20H,3,13-14H2,1-2H3,(H,23,24)/t20-/m1/s1. The number of methoxy groups -OCH3 is 1. The SMILES string of the molecule is CCOCC(=O)N[C@H](Cc1c2ccccc2cc2ccccc12)C(=O)OC. The van der Waals surface area contributed by atoms with Crippen LogP contribution < -0.4 is 5.32 Å². The summed E-state index contributed by atoms with van der Waals surface area (Å²) < 4.78 is 10.1.